The molecular weight excluding hydrogens is 222 g/mol. The van der Waals surface area contributed by atoms with Gasteiger partial charge in [0.05, 0.1) is 0 Å². The highest BCUT2D eigenvalue weighted by Crippen LogP contribution is 2.19. The van der Waals surface area contributed by atoms with Crippen LogP contribution in [0.1, 0.15) is 21.7 Å². The largest absolute Gasteiger partial charge is 0.477 e. The summed E-state index contributed by atoms with van der Waals surface area (Å²) in [5.41, 5.74) is 1.47. The van der Waals surface area contributed by atoms with Crippen molar-refractivity contribution in [2.45, 2.75) is 13.8 Å². The fourth-order valence-electron chi connectivity index (χ4n) is 0.905. The summed E-state index contributed by atoms with van der Waals surface area (Å²) < 4.78 is 0.785. The highest BCUT2D eigenvalue weighted by atomic mass is 79.9. The Hall–Kier alpha value is -0.900. The first-order chi connectivity index (χ1) is 5.52. The van der Waals surface area contributed by atoms with E-state index in [9.17, 15) is 4.79 Å². The lowest BCUT2D eigenvalue weighted by molar-refractivity contribution is 0.0689. The molecule has 1 aromatic heterocycles. The highest BCUT2D eigenvalue weighted by molar-refractivity contribution is 9.10. The highest BCUT2D eigenvalue weighted by Gasteiger charge is 2.11. The summed E-state index contributed by atoms with van der Waals surface area (Å²) in [5.74, 6) is -0.989. The molecule has 0 aromatic carbocycles. The van der Waals surface area contributed by atoms with Crippen LogP contribution in [0.5, 0.6) is 0 Å². The number of aryl methyl sites for hydroxylation is 1. The maximum Gasteiger partial charge on any atom is 0.354 e. The third-order valence-corrected chi connectivity index (χ3v) is 2.36. The number of aromatic carboxylic acids is 1. The van der Waals surface area contributed by atoms with Gasteiger partial charge in [0.2, 0.25) is 0 Å². The number of carbonyl (C=O) groups is 1. The number of rotatable bonds is 1. The van der Waals surface area contributed by atoms with E-state index in [4.69, 9.17) is 5.11 Å². The molecule has 0 bridgehead atoms. The van der Waals surface area contributed by atoms with Crippen LogP contribution in [0.25, 0.3) is 0 Å². The third kappa shape index (κ3) is 1.64. The lowest BCUT2D eigenvalue weighted by atomic mass is 10.2. The second-order valence-electron chi connectivity index (χ2n) is 2.52. The van der Waals surface area contributed by atoms with Crippen LogP contribution in [0.4, 0.5) is 0 Å². The van der Waals surface area contributed by atoms with E-state index >= 15 is 0 Å². The standard InChI is InChI=1S/C8H8BrNO2/c1-4-3-6(9)5(2)7(10-4)8(11)12/h3H,1-2H3,(H,11,12). The van der Waals surface area contributed by atoms with Crippen LogP contribution in [-0.2, 0) is 0 Å². The maximum atomic E-state index is 10.6. The molecule has 0 aliphatic heterocycles. The normalized spacial score (nSPS) is 9.92. The number of aromatic nitrogens is 1. The van der Waals surface area contributed by atoms with Crippen molar-refractivity contribution in [2.24, 2.45) is 0 Å². The summed E-state index contributed by atoms with van der Waals surface area (Å²) in [6.45, 7) is 3.48. The first-order valence-corrected chi connectivity index (χ1v) is 4.18. The number of halogens is 1. The molecule has 1 rings (SSSR count). The topological polar surface area (TPSA) is 50.2 Å². The Morgan fingerprint density at radius 1 is 1.58 bits per heavy atom. The number of carboxylic acid groups (broad SMARTS) is 1. The molecule has 0 aliphatic carbocycles. The van der Waals surface area contributed by atoms with Crippen LogP contribution in [0.2, 0.25) is 0 Å². The number of hydrogen-bond donors (Lipinski definition) is 1. The average molecular weight is 230 g/mol. The lowest BCUT2D eigenvalue weighted by Crippen LogP contribution is -2.05. The van der Waals surface area contributed by atoms with Gasteiger partial charge in [0, 0.05) is 10.2 Å². The van der Waals surface area contributed by atoms with Gasteiger partial charge in [-0.1, -0.05) is 15.9 Å². The fraction of sp³-hybridized carbons (Fsp3) is 0.250. The quantitative estimate of drug-likeness (QED) is 0.804. The van der Waals surface area contributed by atoms with Crippen molar-refractivity contribution in [1.82, 2.24) is 4.98 Å². The van der Waals surface area contributed by atoms with Crippen molar-refractivity contribution in [3.63, 3.8) is 0 Å². The number of pyridine rings is 1. The van der Waals surface area contributed by atoms with E-state index < -0.39 is 5.97 Å². The van der Waals surface area contributed by atoms with Crippen LogP contribution >= 0.6 is 15.9 Å². The molecule has 0 radical (unpaired) electrons. The van der Waals surface area contributed by atoms with Gasteiger partial charge in [-0.05, 0) is 25.5 Å². The SMILES string of the molecule is Cc1cc(Br)c(C)c(C(=O)O)n1. The Morgan fingerprint density at radius 2 is 2.17 bits per heavy atom. The molecule has 0 spiro atoms. The smallest absolute Gasteiger partial charge is 0.354 e. The monoisotopic (exact) mass is 229 g/mol. The van der Waals surface area contributed by atoms with Gasteiger partial charge in [0.1, 0.15) is 0 Å². The van der Waals surface area contributed by atoms with Crippen LogP contribution in [0.15, 0.2) is 10.5 Å². The average Bonchev–Trinajstić information content (AvgIpc) is 1.96. The minimum atomic E-state index is -0.989. The fourth-order valence-corrected chi connectivity index (χ4v) is 1.42. The molecule has 0 aliphatic rings. The summed E-state index contributed by atoms with van der Waals surface area (Å²) in [6, 6.07) is 1.79. The van der Waals surface area contributed by atoms with Crippen molar-refractivity contribution >= 4 is 21.9 Å². The molecule has 0 fully saturated rings. The van der Waals surface area contributed by atoms with Crippen molar-refractivity contribution < 1.29 is 9.90 Å². The summed E-state index contributed by atoms with van der Waals surface area (Å²) in [7, 11) is 0. The molecule has 0 saturated carbocycles. The number of nitrogens with zero attached hydrogens (tertiary/aromatic N) is 1. The summed E-state index contributed by atoms with van der Waals surface area (Å²) >= 11 is 3.26. The predicted molar refractivity (Wildman–Crippen MR) is 48.4 cm³/mol. The van der Waals surface area contributed by atoms with Crippen LogP contribution in [0, 0.1) is 13.8 Å². The van der Waals surface area contributed by atoms with Crippen molar-refractivity contribution in [2.75, 3.05) is 0 Å². The molecule has 0 unspecified atom stereocenters. The molecule has 64 valence electrons. The molecule has 4 heteroatoms. The Morgan fingerprint density at radius 3 is 2.67 bits per heavy atom. The Bertz CT molecular complexity index is 336. The summed E-state index contributed by atoms with van der Waals surface area (Å²) in [6.07, 6.45) is 0. The van der Waals surface area contributed by atoms with Crippen molar-refractivity contribution in [3.8, 4) is 0 Å². The lowest BCUT2D eigenvalue weighted by Gasteiger charge is -2.03. The van der Waals surface area contributed by atoms with E-state index in [1.165, 1.54) is 0 Å². The molecular formula is C8H8BrNO2. The van der Waals surface area contributed by atoms with E-state index in [0.717, 1.165) is 4.47 Å². The van der Waals surface area contributed by atoms with Crippen LogP contribution in [-0.4, -0.2) is 16.1 Å². The molecule has 0 saturated heterocycles. The van der Waals surface area contributed by atoms with Gasteiger partial charge in [0.25, 0.3) is 0 Å². The van der Waals surface area contributed by atoms with Gasteiger partial charge >= 0.3 is 5.97 Å². The van der Waals surface area contributed by atoms with Gasteiger partial charge in [-0.3, -0.25) is 0 Å². The van der Waals surface area contributed by atoms with E-state index in [0.29, 0.717) is 11.3 Å². The van der Waals surface area contributed by atoms with E-state index in [1.807, 2.05) is 0 Å². The van der Waals surface area contributed by atoms with Gasteiger partial charge in [-0.2, -0.15) is 0 Å². The van der Waals surface area contributed by atoms with Crippen LogP contribution in [0.3, 0.4) is 0 Å². The third-order valence-electron chi connectivity index (χ3n) is 1.54. The van der Waals surface area contributed by atoms with E-state index in [-0.39, 0.29) is 5.69 Å². The Kier molecular flexibility index (Phi) is 2.47. The molecule has 1 heterocycles. The second-order valence-corrected chi connectivity index (χ2v) is 3.38. The molecule has 1 aromatic rings. The summed E-state index contributed by atoms with van der Waals surface area (Å²) in [4.78, 5) is 14.5. The second kappa shape index (κ2) is 3.23. The van der Waals surface area contributed by atoms with Crippen molar-refractivity contribution in [3.05, 3.63) is 27.5 Å². The zero-order chi connectivity index (χ0) is 9.30. The van der Waals surface area contributed by atoms with Gasteiger partial charge < -0.3 is 5.11 Å². The maximum absolute atomic E-state index is 10.6. The van der Waals surface area contributed by atoms with Gasteiger partial charge in [0.15, 0.2) is 5.69 Å². The first kappa shape index (κ1) is 9.19. The van der Waals surface area contributed by atoms with Gasteiger partial charge in [-0.25, -0.2) is 9.78 Å². The zero-order valence-corrected chi connectivity index (χ0v) is 8.34. The molecule has 1 N–H and O–H groups in total. The minimum Gasteiger partial charge on any atom is -0.477 e. The Balaban J connectivity index is 3.37. The van der Waals surface area contributed by atoms with Crippen molar-refractivity contribution in [1.29, 1.82) is 0 Å². The first-order valence-electron chi connectivity index (χ1n) is 3.39. The molecule has 3 nitrogen and oxygen atoms in total. The molecule has 0 atom stereocenters. The zero-order valence-electron chi connectivity index (χ0n) is 6.76. The Labute approximate surface area is 78.6 Å². The van der Waals surface area contributed by atoms with Gasteiger partial charge in [-0.15, -0.1) is 0 Å². The predicted octanol–water partition coefficient (Wildman–Crippen LogP) is 2.16. The van der Waals surface area contributed by atoms with E-state index in [2.05, 4.69) is 20.9 Å². The van der Waals surface area contributed by atoms with Crippen LogP contribution < -0.4 is 0 Å². The molecule has 12 heavy (non-hydrogen) atoms. The minimum absolute atomic E-state index is 0.113. The molecule has 0 amide bonds. The number of hydrogen-bond acceptors (Lipinski definition) is 2. The summed E-state index contributed by atoms with van der Waals surface area (Å²) in [5, 5.41) is 8.73. The number of carboxylic acids is 1. The van der Waals surface area contributed by atoms with E-state index in [1.54, 1.807) is 19.9 Å².